The molecular formula is C18H14FN3OS2. The van der Waals surface area contributed by atoms with Gasteiger partial charge in [0.1, 0.15) is 5.82 Å². The Balaban J connectivity index is 1.54. The molecule has 3 rings (SSSR count). The van der Waals surface area contributed by atoms with E-state index in [2.05, 4.69) is 15.5 Å². The molecular weight excluding hydrogens is 357 g/mol. The van der Waals surface area contributed by atoms with Gasteiger partial charge in [0, 0.05) is 11.8 Å². The summed E-state index contributed by atoms with van der Waals surface area (Å²) in [5, 5.41) is 11.0. The predicted molar refractivity (Wildman–Crippen MR) is 100.0 cm³/mol. The topological polar surface area (TPSA) is 54.9 Å². The summed E-state index contributed by atoms with van der Waals surface area (Å²) >= 11 is 2.64. The highest BCUT2D eigenvalue weighted by Crippen LogP contribution is 2.28. The Morgan fingerprint density at radius 1 is 1.12 bits per heavy atom. The minimum atomic E-state index is -0.273. The van der Waals surface area contributed by atoms with E-state index >= 15 is 0 Å². The van der Waals surface area contributed by atoms with Crippen molar-refractivity contribution in [3.05, 3.63) is 77.6 Å². The molecule has 7 heteroatoms. The van der Waals surface area contributed by atoms with Crippen molar-refractivity contribution in [2.24, 2.45) is 0 Å². The van der Waals surface area contributed by atoms with Gasteiger partial charge < -0.3 is 0 Å². The molecule has 2 aromatic carbocycles. The quantitative estimate of drug-likeness (QED) is 0.390. The number of nitrogens with one attached hydrogen (secondary N) is 1. The fourth-order valence-corrected chi connectivity index (χ4v) is 3.70. The van der Waals surface area contributed by atoms with Crippen molar-refractivity contribution in [3.63, 3.8) is 0 Å². The number of hydrogen-bond donors (Lipinski definition) is 1. The summed E-state index contributed by atoms with van der Waals surface area (Å²) in [6.45, 7) is 0. The van der Waals surface area contributed by atoms with Crippen LogP contribution < -0.4 is 5.32 Å². The summed E-state index contributed by atoms with van der Waals surface area (Å²) in [5.41, 5.74) is 1.55. The van der Waals surface area contributed by atoms with Crippen LogP contribution in [0.4, 0.5) is 9.52 Å². The lowest BCUT2D eigenvalue weighted by Gasteiger charge is -1.99. The van der Waals surface area contributed by atoms with Crippen LogP contribution in [0, 0.1) is 5.82 Å². The van der Waals surface area contributed by atoms with E-state index in [1.165, 1.54) is 35.2 Å². The molecule has 0 aliphatic rings. The smallest absolute Gasteiger partial charge is 0.250 e. The first kappa shape index (κ1) is 17.3. The SMILES string of the molecule is O=C(/C=C/c1ccccc1)Nc1nnc(SCc2ccccc2F)s1. The van der Waals surface area contributed by atoms with Gasteiger partial charge >= 0.3 is 0 Å². The van der Waals surface area contributed by atoms with Crippen LogP contribution in [0.3, 0.4) is 0 Å². The van der Waals surface area contributed by atoms with E-state index in [1.807, 2.05) is 30.3 Å². The van der Waals surface area contributed by atoms with E-state index < -0.39 is 0 Å². The number of thioether (sulfide) groups is 1. The van der Waals surface area contributed by atoms with E-state index in [0.717, 1.165) is 5.56 Å². The highest BCUT2D eigenvalue weighted by Gasteiger charge is 2.08. The Labute approximate surface area is 152 Å². The highest BCUT2D eigenvalue weighted by molar-refractivity contribution is 8.00. The third-order valence-electron chi connectivity index (χ3n) is 3.17. The lowest BCUT2D eigenvalue weighted by Crippen LogP contribution is -2.07. The van der Waals surface area contributed by atoms with Gasteiger partial charge in [-0.25, -0.2) is 4.39 Å². The highest BCUT2D eigenvalue weighted by atomic mass is 32.2. The second-order valence-corrected chi connectivity index (χ2v) is 7.19. The summed E-state index contributed by atoms with van der Waals surface area (Å²) in [4.78, 5) is 11.9. The van der Waals surface area contributed by atoms with Crippen molar-refractivity contribution in [2.45, 2.75) is 10.1 Å². The maximum atomic E-state index is 13.6. The van der Waals surface area contributed by atoms with Crippen LogP contribution in [-0.2, 0) is 10.5 Å². The standard InChI is InChI=1S/C18H14FN3OS2/c19-15-9-5-4-8-14(15)12-24-18-22-21-17(25-18)20-16(23)11-10-13-6-2-1-3-7-13/h1-11H,12H2,(H,20,21,23)/b11-10+. The number of carbonyl (C=O) groups excluding carboxylic acids is 1. The Morgan fingerprint density at radius 3 is 2.68 bits per heavy atom. The van der Waals surface area contributed by atoms with Gasteiger partial charge in [-0.1, -0.05) is 71.6 Å². The summed E-state index contributed by atoms with van der Waals surface area (Å²) in [7, 11) is 0. The van der Waals surface area contributed by atoms with E-state index in [1.54, 1.807) is 24.3 Å². The zero-order chi connectivity index (χ0) is 17.5. The number of halogens is 1. The molecule has 1 aromatic heterocycles. The van der Waals surface area contributed by atoms with Crippen molar-refractivity contribution in [3.8, 4) is 0 Å². The van der Waals surface area contributed by atoms with Gasteiger partial charge in [0.05, 0.1) is 0 Å². The van der Waals surface area contributed by atoms with E-state index in [0.29, 0.717) is 20.8 Å². The first-order chi connectivity index (χ1) is 12.2. The molecule has 126 valence electrons. The van der Waals surface area contributed by atoms with Crippen LogP contribution in [0.1, 0.15) is 11.1 Å². The number of rotatable bonds is 6. The number of anilines is 1. The molecule has 0 fully saturated rings. The molecule has 0 aliphatic heterocycles. The van der Waals surface area contributed by atoms with Crippen molar-refractivity contribution in [1.29, 1.82) is 0 Å². The Hall–Kier alpha value is -2.51. The van der Waals surface area contributed by atoms with Crippen LogP contribution in [0.15, 0.2) is 65.0 Å². The summed E-state index contributed by atoms with van der Waals surface area (Å²) in [6, 6.07) is 16.2. The largest absolute Gasteiger partial charge is 0.297 e. The summed E-state index contributed by atoms with van der Waals surface area (Å²) in [6.07, 6.45) is 3.17. The molecule has 1 amide bonds. The molecule has 1 heterocycles. The van der Waals surface area contributed by atoms with Gasteiger partial charge in [0.25, 0.3) is 0 Å². The zero-order valence-electron chi connectivity index (χ0n) is 13.1. The van der Waals surface area contributed by atoms with Crippen LogP contribution in [-0.4, -0.2) is 16.1 Å². The van der Waals surface area contributed by atoms with Crippen LogP contribution in [0.2, 0.25) is 0 Å². The monoisotopic (exact) mass is 371 g/mol. The molecule has 0 saturated carbocycles. The lowest BCUT2D eigenvalue weighted by atomic mass is 10.2. The molecule has 0 spiro atoms. The molecule has 0 atom stereocenters. The minimum absolute atomic E-state index is 0.237. The van der Waals surface area contributed by atoms with Gasteiger partial charge in [-0.05, 0) is 23.3 Å². The number of carbonyl (C=O) groups is 1. The van der Waals surface area contributed by atoms with E-state index in [4.69, 9.17) is 0 Å². The van der Waals surface area contributed by atoms with Gasteiger partial charge in [0.2, 0.25) is 11.0 Å². The van der Waals surface area contributed by atoms with Gasteiger partial charge in [-0.2, -0.15) is 0 Å². The average Bonchev–Trinajstić information content (AvgIpc) is 3.07. The normalized spacial score (nSPS) is 10.9. The molecule has 3 aromatic rings. The van der Waals surface area contributed by atoms with Crippen LogP contribution in [0.25, 0.3) is 6.08 Å². The number of amides is 1. The molecule has 0 unspecified atom stereocenters. The number of benzene rings is 2. The van der Waals surface area contributed by atoms with Crippen molar-refractivity contribution in [2.75, 3.05) is 5.32 Å². The molecule has 0 aliphatic carbocycles. The fraction of sp³-hybridized carbons (Fsp3) is 0.0556. The maximum absolute atomic E-state index is 13.6. The van der Waals surface area contributed by atoms with Crippen molar-refractivity contribution < 1.29 is 9.18 Å². The van der Waals surface area contributed by atoms with Gasteiger partial charge in [-0.15, -0.1) is 10.2 Å². The molecule has 1 N–H and O–H groups in total. The summed E-state index contributed by atoms with van der Waals surface area (Å²) in [5.74, 6) is -0.0480. The molecule has 0 saturated heterocycles. The van der Waals surface area contributed by atoms with E-state index in [-0.39, 0.29) is 11.7 Å². The summed E-state index contributed by atoms with van der Waals surface area (Å²) < 4.78 is 14.3. The second kappa shape index (κ2) is 8.55. The third-order valence-corrected chi connectivity index (χ3v) is 5.19. The van der Waals surface area contributed by atoms with Crippen molar-refractivity contribution in [1.82, 2.24) is 10.2 Å². The Kier molecular flexibility index (Phi) is 5.92. The molecule has 0 radical (unpaired) electrons. The van der Waals surface area contributed by atoms with Crippen molar-refractivity contribution >= 4 is 40.2 Å². The number of nitrogens with zero attached hydrogens (tertiary/aromatic N) is 2. The Morgan fingerprint density at radius 2 is 1.88 bits per heavy atom. The third kappa shape index (κ3) is 5.23. The molecule has 0 bridgehead atoms. The second-order valence-electron chi connectivity index (χ2n) is 4.99. The maximum Gasteiger partial charge on any atom is 0.250 e. The lowest BCUT2D eigenvalue weighted by molar-refractivity contribution is -0.111. The first-order valence-corrected chi connectivity index (χ1v) is 9.25. The zero-order valence-corrected chi connectivity index (χ0v) is 14.7. The van der Waals surface area contributed by atoms with Crippen LogP contribution in [0.5, 0.6) is 0 Å². The van der Waals surface area contributed by atoms with Gasteiger partial charge in [-0.3, -0.25) is 10.1 Å². The Bertz CT molecular complexity index is 881. The van der Waals surface area contributed by atoms with E-state index in [9.17, 15) is 9.18 Å². The minimum Gasteiger partial charge on any atom is -0.297 e. The number of aromatic nitrogens is 2. The first-order valence-electron chi connectivity index (χ1n) is 7.44. The molecule has 4 nitrogen and oxygen atoms in total. The number of hydrogen-bond acceptors (Lipinski definition) is 5. The molecule has 25 heavy (non-hydrogen) atoms. The predicted octanol–water partition coefficient (Wildman–Crippen LogP) is 4.62. The fourth-order valence-electron chi connectivity index (χ4n) is 1.96. The van der Waals surface area contributed by atoms with Gasteiger partial charge in [0.15, 0.2) is 4.34 Å². The van der Waals surface area contributed by atoms with Crippen LogP contribution >= 0.6 is 23.1 Å². The average molecular weight is 371 g/mol.